The molecule has 0 saturated heterocycles. The van der Waals surface area contributed by atoms with Crippen LogP contribution < -0.4 is 10.6 Å². The molecule has 2 atom stereocenters. The molecular weight excluding hydrogens is 552 g/mol. The van der Waals surface area contributed by atoms with Crippen LogP contribution in [0.15, 0.2) is 24.3 Å². The summed E-state index contributed by atoms with van der Waals surface area (Å²) in [6.45, 7) is 4.55. The number of carbonyl (C=O) groups is 2. The predicted molar refractivity (Wildman–Crippen MR) is 197 cm³/mol. The molecule has 0 aromatic rings. The van der Waals surface area contributed by atoms with Crippen LogP contribution in [0.3, 0.4) is 0 Å². The van der Waals surface area contributed by atoms with Gasteiger partial charge in [0.25, 0.3) is 0 Å². The van der Waals surface area contributed by atoms with E-state index in [1.165, 1.54) is 141 Å². The van der Waals surface area contributed by atoms with E-state index in [1.807, 2.05) is 0 Å². The smallest absolute Gasteiger partial charge is 0.220 e. The summed E-state index contributed by atoms with van der Waals surface area (Å²) in [5, 5.41) is 6.48. The minimum atomic E-state index is 0.110. The van der Waals surface area contributed by atoms with Crippen molar-refractivity contribution >= 4 is 11.8 Å². The van der Waals surface area contributed by atoms with Gasteiger partial charge in [-0.2, -0.15) is 0 Å². The zero-order valence-electron chi connectivity index (χ0n) is 30.2. The van der Waals surface area contributed by atoms with Crippen LogP contribution in [0.4, 0.5) is 0 Å². The molecular formula is C41H76N2O2. The first-order chi connectivity index (χ1) is 22.2. The Morgan fingerprint density at radius 1 is 0.444 bits per heavy atom. The maximum atomic E-state index is 12.6. The van der Waals surface area contributed by atoms with Crippen LogP contribution >= 0.6 is 0 Å². The summed E-state index contributed by atoms with van der Waals surface area (Å²) in [7, 11) is 0. The first-order valence-corrected chi connectivity index (χ1v) is 20.1. The van der Waals surface area contributed by atoms with Gasteiger partial charge in [-0.05, 0) is 83.5 Å². The van der Waals surface area contributed by atoms with E-state index < -0.39 is 0 Å². The topological polar surface area (TPSA) is 58.2 Å². The second-order valence-corrected chi connectivity index (χ2v) is 13.9. The molecule has 45 heavy (non-hydrogen) atoms. The quantitative estimate of drug-likeness (QED) is 0.0575. The van der Waals surface area contributed by atoms with Crippen LogP contribution in [0, 0.1) is 0 Å². The maximum Gasteiger partial charge on any atom is 0.220 e. The molecule has 1 rings (SSSR count). The Balaban J connectivity index is 1.95. The molecule has 0 heterocycles. The minimum absolute atomic E-state index is 0.110. The summed E-state index contributed by atoms with van der Waals surface area (Å²) < 4.78 is 0. The highest BCUT2D eigenvalue weighted by atomic mass is 16.2. The highest BCUT2D eigenvalue weighted by molar-refractivity contribution is 5.78. The lowest BCUT2D eigenvalue weighted by Crippen LogP contribution is -2.48. The molecule has 0 unspecified atom stereocenters. The van der Waals surface area contributed by atoms with E-state index in [0.29, 0.717) is 12.8 Å². The lowest BCUT2D eigenvalue weighted by molar-refractivity contribution is -0.124. The van der Waals surface area contributed by atoms with Crippen molar-refractivity contribution in [2.75, 3.05) is 0 Å². The second kappa shape index (κ2) is 32.4. The lowest BCUT2D eigenvalue weighted by atomic mass is 10.1. The first kappa shape index (κ1) is 41.4. The Hall–Kier alpha value is -1.58. The molecule has 4 heteroatoms. The molecule has 0 bridgehead atoms. The Morgan fingerprint density at radius 2 is 0.733 bits per heavy atom. The van der Waals surface area contributed by atoms with Gasteiger partial charge in [0.15, 0.2) is 0 Å². The normalized spacial score (nSPS) is 16.7. The van der Waals surface area contributed by atoms with Crippen molar-refractivity contribution in [2.45, 2.75) is 225 Å². The number of amides is 2. The molecule has 0 radical (unpaired) electrons. The summed E-state index contributed by atoms with van der Waals surface area (Å²) in [6.07, 6.45) is 46.8. The van der Waals surface area contributed by atoms with E-state index in [2.05, 4.69) is 48.8 Å². The van der Waals surface area contributed by atoms with E-state index in [0.717, 1.165) is 44.9 Å². The number of allylic oxidation sites excluding steroid dienone is 4. The van der Waals surface area contributed by atoms with Gasteiger partial charge in [-0.25, -0.2) is 0 Å². The van der Waals surface area contributed by atoms with Crippen LogP contribution in [0.25, 0.3) is 0 Å². The zero-order valence-corrected chi connectivity index (χ0v) is 30.2. The van der Waals surface area contributed by atoms with Crippen molar-refractivity contribution in [2.24, 2.45) is 0 Å². The van der Waals surface area contributed by atoms with Gasteiger partial charge < -0.3 is 10.6 Å². The Bertz CT molecular complexity index is 671. The number of rotatable bonds is 32. The first-order valence-electron chi connectivity index (χ1n) is 20.1. The van der Waals surface area contributed by atoms with Gasteiger partial charge in [-0.1, -0.05) is 141 Å². The van der Waals surface area contributed by atoms with Crippen LogP contribution in [-0.2, 0) is 9.59 Å². The van der Waals surface area contributed by atoms with E-state index >= 15 is 0 Å². The fraction of sp³-hybridized carbons (Fsp3) is 0.854. The van der Waals surface area contributed by atoms with Crippen LogP contribution in [-0.4, -0.2) is 23.9 Å². The van der Waals surface area contributed by atoms with Gasteiger partial charge in [0.1, 0.15) is 0 Å². The number of unbranched alkanes of at least 4 members (excludes halogenated alkanes) is 22. The molecule has 1 aliphatic carbocycles. The Morgan fingerprint density at radius 3 is 1.07 bits per heavy atom. The average Bonchev–Trinajstić information content (AvgIpc) is 3.46. The van der Waals surface area contributed by atoms with Gasteiger partial charge in [0.05, 0.1) is 0 Å². The van der Waals surface area contributed by atoms with Crippen LogP contribution in [0.5, 0.6) is 0 Å². The zero-order chi connectivity index (χ0) is 32.5. The number of carbonyl (C=O) groups excluding carboxylic acids is 2. The van der Waals surface area contributed by atoms with E-state index in [-0.39, 0.29) is 23.9 Å². The average molecular weight is 629 g/mol. The molecule has 262 valence electrons. The third-order valence-electron chi connectivity index (χ3n) is 9.54. The van der Waals surface area contributed by atoms with Crippen molar-refractivity contribution < 1.29 is 9.59 Å². The predicted octanol–water partition coefficient (Wildman–Crippen LogP) is 12.2. The standard InChI is InChI=1S/C41H76N2O2/c1-3-5-7-9-11-13-15-17-19-21-23-25-27-29-31-36-40(44)42-38-34-33-35-39(38)43-41(45)37-32-30-28-26-24-22-20-18-16-14-12-10-8-6-4-2/h17-20,38-39H,3-16,21-37H2,1-2H3,(H,42,44)(H,43,45)/b19-17-,20-18-/t38-,39+. The van der Waals surface area contributed by atoms with Crippen molar-refractivity contribution in [3.05, 3.63) is 24.3 Å². The molecule has 2 N–H and O–H groups in total. The maximum absolute atomic E-state index is 12.6. The summed E-state index contributed by atoms with van der Waals surface area (Å²) >= 11 is 0. The van der Waals surface area contributed by atoms with Gasteiger partial charge in [-0.3, -0.25) is 9.59 Å². The highest BCUT2D eigenvalue weighted by Crippen LogP contribution is 2.20. The van der Waals surface area contributed by atoms with Crippen LogP contribution in [0.2, 0.25) is 0 Å². The molecule has 0 aromatic heterocycles. The number of hydrogen-bond donors (Lipinski definition) is 2. The third-order valence-corrected chi connectivity index (χ3v) is 9.54. The summed E-state index contributed by atoms with van der Waals surface area (Å²) in [5.41, 5.74) is 0. The van der Waals surface area contributed by atoms with Crippen LogP contribution in [0.1, 0.15) is 213 Å². The molecule has 1 fully saturated rings. The van der Waals surface area contributed by atoms with Gasteiger partial charge in [0.2, 0.25) is 11.8 Å². The fourth-order valence-electron chi connectivity index (χ4n) is 6.58. The molecule has 0 spiro atoms. The molecule has 4 nitrogen and oxygen atoms in total. The molecule has 0 aliphatic heterocycles. The molecule has 1 aliphatic rings. The lowest BCUT2D eigenvalue weighted by Gasteiger charge is -2.22. The van der Waals surface area contributed by atoms with Crippen molar-refractivity contribution in [3.63, 3.8) is 0 Å². The Kier molecular flexibility index (Phi) is 29.8. The minimum Gasteiger partial charge on any atom is -0.351 e. The highest BCUT2D eigenvalue weighted by Gasteiger charge is 2.29. The van der Waals surface area contributed by atoms with Crippen molar-refractivity contribution in [1.29, 1.82) is 0 Å². The van der Waals surface area contributed by atoms with E-state index in [4.69, 9.17) is 0 Å². The van der Waals surface area contributed by atoms with Crippen molar-refractivity contribution in [3.8, 4) is 0 Å². The molecule has 1 saturated carbocycles. The van der Waals surface area contributed by atoms with Crippen molar-refractivity contribution in [1.82, 2.24) is 10.6 Å². The molecule has 0 aromatic carbocycles. The summed E-state index contributed by atoms with van der Waals surface area (Å²) in [6, 6.07) is 0.220. The van der Waals surface area contributed by atoms with E-state index in [1.54, 1.807) is 0 Å². The second-order valence-electron chi connectivity index (χ2n) is 13.9. The summed E-state index contributed by atoms with van der Waals surface area (Å²) in [4.78, 5) is 25.1. The number of hydrogen-bond acceptors (Lipinski definition) is 2. The monoisotopic (exact) mass is 629 g/mol. The number of nitrogens with one attached hydrogen (secondary N) is 2. The third kappa shape index (κ3) is 27.3. The Labute approximate surface area is 280 Å². The SMILES string of the molecule is CCCCCCCC/C=C\CCCCCCCC(=O)N[C@H]1CCC[C@H]1NC(=O)CCCCCCC/C=C\CCCCCCCC. The van der Waals surface area contributed by atoms with E-state index in [9.17, 15) is 9.59 Å². The fourth-order valence-corrected chi connectivity index (χ4v) is 6.58. The van der Waals surface area contributed by atoms with Gasteiger partial charge in [-0.15, -0.1) is 0 Å². The summed E-state index contributed by atoms with van der Waals surface area (Å²) in [5.74, 6) is 0.326. The largest absolute Gasteiger partial charge is 0.351 e. The molecule has 2 amide bonds. The van der Waals surface area contributed by atoms with Gasteiger partial charge >= 0.3 is 0 Å². The van der Waals surface area contributed by atoms with Gasteiger partial charge in [0, 0.05) is 24.9 Å².